The molecule has 0 saturated carbocycles. The van der Waals surface area contributed by atoms with Gasteiger partial charge in [0.05, 0.1) is 0 Å². The predicted octanol–water partition coefficient (Wildman–Crippen LogP) is -0.762. The minimum atomic E-state index is -1.47. The molecule has 0 aliphatic carbocycles. The van der Waals surface area contributed by atoms with E-state index in [2.05, 4.69) is 0 Å². The Balaban J connectivity index is 2.19. The van der Waals surface area contributed by atoms with Gasteiger partial charge < -0.3 is 14.9 Å². The second-order valence-electron chi connectivity index (χ2n) is 3.82. The fourth-order valence-electron chi connectivity index (χ4n) is 1.71. The van der Waals surface area contributed by atoms with Crippen molar-refractivity contribution in [2.45, 2.75) is 0 Å². The van der Waals surface area contributed by atoms with E-state index in [1.807, 2.05) is 0 Å². The fourth-order valence-corrected chi connectivity index (χ4v) is 1.71. The van der Waals surface area contributed by atoms with Gasteiger partial charge in [0.25, 0.3) is 0 Å². The maximum absolute atomic E-state index is 11.7. The Morgan fingerprint density at radius 3 is 2.25 bits per heavy atom. The van der Waals surface area contributed by atoms with Crippen LogP contribution in [0.5, 0.6) is 0 Å². The Kier molecular flexibility index (Phi) is 2.85. The number of nitrogens with zero attached hydrogens (tertiary/aromatic N) is 2. The van der Waals surface area contributed by atoms with Crippen LogP contribution < -0.4 is 10.4 Å². The second kappa shape index (κ2) is 4.15. The number of hydrogen-bond acceptors (Lipinski definition) is 3. The van der Waals surface area contributed by atoms with Crippen LogP contribution in [-0.2, 0) is 0 Å². The van der Waals surface area contributed by atoms with E-state index in [1.54, 1.807) is 41.1 Å². The number of anilines is 1. The van der Waals surface area contributed by atoms with E-state index in [0.29, 0.717) is 18.6 Å². The molecule has 1 heterocycles. The number of carbonyl (C=O) groups is 1. The summed E-state index contributed by atoms with van der Waals surface area (Å²) in [7, 11) is 0.291. The van der Waals surface area contributed by atoms with Crippen LogP contribution in [0.4, 0.5) is 10.5 Å². The van der Waals surface area contributed by atoms with E-state index in [0.717, 1.165) is 5.69 Å². The molecule has 0 radical (unpaired) electrons. The van der Waals surface area contributed by atoms with Crippen molar-refractivity contribution in [1.29, 1.82) is 0 Å². The highest BCUT2D eigenvalue weighted by Crippen LogP contribution is 2.17. The first kappa shape index (κ1) is 11.0. The van der Waals surface area contributed by atoms with Crippen LogP contribution in [0.2, 0.25) is 0 Å². The van der Waals surface area contributed by atoms with E-state index in [9.17, 15) is 4.79 Å². The Hall–Kier alpha value is -1.53. The lowest BCUT2D eigenvalue weighted by atomic mass is 9.80. The van der Waals surface area contributed by atoms with Crippen molar-refractivity contribution >= 4 is 24.3 Å². The molecule has 16 heavy (non-hydrogen) atoms. The third-order valence-electron chi connectivity index (χ3n) is 2.72. The van der Waals surface area contributed by atoms with Crippen molar-refractivity contribution in [2.75, 3.05) is 25.0 Å². The van der Waals surface area contributed by atoms with Gasteiger partial charge in [0.15, 0.2) is 0 Å². The molecule has 2 amide bonds. The minimum absolute atomic E-state index is 0.0303. The second-order valence-corrected chi connectivity index (χ2v) is 3.82. The van der Waals surface area contributed by atoms with Crippen LogP contribution in [-0.4, -0.2) is 48.2 Å². The number of carbonyl (C=O) groups excluding carboxylic acids is 1. The number of urea groups is 1. The van der Waals surface area contributed by atoms with Gasteiger partial charge in [0, 0.05) is 25.8 Å². The van der Waals surface area contributed by atoms with E-state index in [1.165, 1.54) is 0 Å². The lowest BCUT2D eigenvalue weighted by Gasteiger charge is -2.16. The number of hydrogen-bond donors (Lipinski definition) is 2. The third kappa shape index (κ3) is 1.89. The van der Waals surface area contributed by atoms with E-state index < -0.39 is 7.12 Å². The lowest BCUT2D eigenvalue weighted by molar-refractivity contribution is 0.229. The normalized spacial score (nSPS) is 15.8. The molecule has 0 bridgehead atoms. The lowest BCUT2D eigenvalue weighted by Crippen LogP contribution is -2.31. The molecule has 0 unspecified atom stereocenters. The number of likely N-dealkylation sites (N-methyl/N-ethyl adjacent to an activating group) is 1. The summed E-state index contributed by atoms with van der Waals surface area (Å²) in [5, 5.41) is 17.9. The third-order valence-corrected chi connectivity index (χ3v) is 2.72. The van der Waals surface area contributed by atoms with Crippen molar-refractivity contribution in [3.05, 3.63) is 24.3 Å². The van der Waals surface area contributed by atoms with Crippen molar-refractivity contribution in [3.8, 4) is 0 Å². The van der Waals surface area contributed by atoms with Gasteiger partial charge in [-0.1, -0.05) is 12.1 Å². The molecule has 0 aromatic heterocycles. The molecule has 2 rings (SSSR count). The van der Waals surface area contributed by atoms with Gasteiger partial charge in [0.2, 0.25) is 0 Å². The Labute approximate surface area is 94.0 Å². The molecular formula is C10H13BN2O3. The van der Waals surface area contributed by atoms with Crippen molar-refractivity contribution in [2.24, 2.45) is 0 Å². The average Bonchev–Trinajstić information content (AvgIpc) is 2.60. The van der Waals surface area contributed by atoms with Gasteiger partial charge in [-0.2, -0.15) is 0 Å². The Morgan fingerprint density at radius 1 is 1.19 bits per heavy atom. The summed E-state index contributed by atoms with van der Waals surface area (Å²) in [5.41, 5.74) is 1.20. The van der Waals surface area contributed by atoms with Gasteiger partial charge in [-0.05, 0) is 17.6 Å². The smallest absolute Gasteiger partial charge is 0.423 e. The molecule has 1 aliphatic heterocycles. The summed E-state index contributed by atoms with van der Waals surface area (Å²) in [5.74, 6) is 0. The number of rotatable bonds is 2. The van der Waals surface area contributed by atoms with Gasteiger partial charge in [-0.25, -0.2) is 4.79 Å². The largest absolute Gasteiger partial charge is 0.488 e. The summed E-state index contributed by atoms with van der Waals surface area (Å²) >= 11 is 0. The topological polar surface area (TPSA) is 64.0 Å². The van der Waals surface area contributed by atoms with Crippen molar-refractivity contribution in [1.82, 2.24) is 4.90 Å². The van der Waals surface area contributed by atoms with Gasteiger partial charge in [-0.3, -0.25) is 4.90 Å². The molecule has 0 atom stereocenters. The molecule has 1 aromatic carbocycles. The molecule has 1 aliphatic rings. The molecule has 1 aromatic rings. The summed E-state index contributed by atoms with van der Waals surface area (Å²) in [6, 6.07) is 6.60. The van der Waals surface area contributed by atoms with Gasteiger partial charge in [-0.15, -0.1) is 0 Å². The van der Waals surface area contributed by atoms with Gasteiger partial charge in [0.1, 0.15) is 0 Å². The average molecular weight is 220 g/mol. The van der Waals surface area contributed by atoms with Crippen LogP contribution in [0.15, 0.2) is 24.3 Å². The van der Waals surface area contributed by atoms with E-state index >= 15 is 0 Å². The SMILES string of the molecule is CN1CCN(c2ccc(B(O)O)cc2)C1=O. The molecule has 6 heteroatoms. The minimum Gasteiger partial charge on any atom is -0.423 e. The zero-order valence-corrected chi connectivity index (χ0v) is 9.00. The zero-order valence-electron chi connectivity index (χ0n) is 9.00. The van der Waals surface area contributed by atoms with Crippen LogP contribution >= 0.6 is 0 Å². The van der Waals surface area contributed by atoms with Gasteiger partial charge >= 0.3 is 13.1 Å². The highest BCUT2D eigenvalue weighted by atomic mass is 16.4. The quantitative estimate of drug-likeness (QED) is 0.644. The maximum atomic E-state index is 11.7. The predicted molar refractivity (Wildman–Crippen MR) is 61.6 cm³/mol. The molecule has 2 N–H and O–H groups in total. The first-order chi connectivity index (χ1) is 7.59. The highest BCUT2D eigenvalue weighted by molar-refractivity contribution is 6.58. The first-order valence-corrected chi connectivity index (χ1v) is 5.08. The molecule has 84 valence electrons. The monoisotopic (exact) mass is 220 g/mol. The van der Waals surface area contributed by atoms with E-state index in [-0.39, 0.29) is 6.03 Å². The van der Waals surface area contributed by atoms with Crippen LogP contribution in [0.1, 0.15) is 0 Å². The molecule has 0 spiro atoms. The van der Waals surface area contributed by atoms with Crippen LogP contribution in [0, 0.1) is 0 Å². The highest BCUT2D eigenvalue weighted by Gasteiger charge is 2.26. The molecule has 1 fully saturated rings. The van der Waals surface area contributed by atoms with Crippen LogP contribution in [0.3, 0.4) is 0 Å². The summed E-state index contributed by atoms with van der Waals surface area (Å²) < 4.78 is 0. The standard InChI is InChI=1S/C10H13BN2O3/c1-12-6-7-13(10(12)14)9-4-2-8(3-5-9)11(15)16/h2-5,15-16H,6-7H2,1H3. The Bertz CT molecular complexity index is 394. The molecule has 5 nitrogen and oxygen atoms in total. The van der Waals surface area contributed by atoms with Crippen molar-refractivity contribution in [3.63, 3.8) is 0 Å². The number of amides is 2. The van der Waals surface area contributed by atoms with E-state index in [4.69, 9.17) is 10.0 Å². The number of benzene rings is 1. The molecule has 1 saturated heterocycles. The first-order valence-electron chi connectivity index (χ1n) is 5.08. The summed E-state index contributed by atoms with van der Waals surface area (Å²) in [6.45, 7) is 1.37. The Morgan fingerprint density at radius 2 is 1.81 bits per heavy atom. The molecular weight excluding hydrogens is 207 g/mol. The fraction of sp³-hybridized carbons (Fsp3) is 0.300. The van der Waals surface area contributed by atoms with Crippen molar-refractivity contribution < 1.29 is 14.8 Å². The zero-order chi connectivity index (χ0) is 11.7. The van der Waals surface area contributed by atoms with Crippen LogP contribution in [0.25, 0.3) is 0 Å². The summed E-state index contributed by atoms with van der Waals surface area (Å²) in [4.78, 5) is 15.0. The summed E-state index contributed by atoms with van der Waals surface area (Å²) in [6.07, 6.45) is 0. The maximum Gasteiger partial charge on any atom is 0.488 e.